The third-order valence-electron chi connectivity index (χ3n) is 3.58. The minimum Gasteiger partial charge on any atom is -0.481 e. The molecule has 0 radical (unpaired) electrons. The Hall–Kier alpha value is -2.48. The maximum atomic E-state index is 12.6. The zero-order chi connectivity index (χ0) is 16.4. The predicted molar refractivity (Wildman–Crippen MR) is 74.4 cm³/mol. The molecule has 1 aliphatic heterocycles. The molecule has 1 aromatic rings. The minimum atomic E-state index is -1.35. The maximum absolute atomic E-state index is 12.6. The molecule has 0 saturated heterocycles. The van der Waals surface area contributed by atoms with Gasteiger partial charge in [0, 0.05) is 19.2 Å². The van der Waals surface area contributed by atoms with Gasteiger partial charge in [0.2, 0.25) is 11.8 Å². The molecule has 1 aromatic heterocycles. The van der Waals surface area contributed by atoms with Gasteiger partial charge in [0.25, 0.3) is 11.8 Å². The first-order valence-corrected chi connectivity index (χ1v) is 6.87. The smallest absolute Gasteiger partial charge is 0.286 e. The van der Waals surface area contributed by atoms with Crippen molar-refractivity contribution in [3.05, 3.63) is 23.4 Å². The molecule has 2 heterocycles. The zero-order valence-corrected chi connectivity index (χ0v) is 12.6. The third kappa shape index (κ3) is 2.41. The fraction of sp³-hybridized carbons (Fsp3) is 0.429. The molecule has 1 N–H and O–H groups in total. The van der Waals surface area contributed by atoms with E-state index in [1.807, 2.05) is 0 Å². The van der Waals surface area contributed by atoms with Crippen LogP contribution in [0.5, 0.6) is 5.88 Å². The number of hydroxylamine groups is 2. The van der Waals surface area contributed by atoms with Gasteiger partial charge in [0.1, 0.15) is 0 Å². The van der Waals surface area contributed by atoms with Crippen LogP contribution in [0.15, 0.2) is 12.1 Å². The van der Waals surface area contributed by atoms with Crippen molar-refractivity contribution in [1.82, 2.24) is 14.9 Å². The van der Waals surface area contributed by atoms with E-state index in [9.17, 15) is 19.6 Å². The molecule has 1 atom stereocenters. The van der Waals surface area contributed by atoms with E-state index >= 15 is 0 Å². The Morgan fingerprint density at radius 1 is 1.36 bits per heavy atom. The number of carbonyl (C=O) groups excluding carboxylic acids is 3. The van der Waals surface area contributed by atoms with E-state index in [1.54, 1.807) is 13.8 Å². The van der Waals surface area contributed by atoms with Gasteiger partial charge in [0.05, 0.1) is 18.4 Å². The molecule has 0 aromatic carbocycles. The summed E-state index contributed by atoms with van der Waals surface area (Å²) in [7, 11) is 1.39. The van der Waals surface area contributed by atoms with Crippen molar-refractivity contribution in [3.63, 3.8) is 0 Å². The number of aromatic nitrogens is 1. The van der Waals surface area contributed by atoms with Crippen LogP contribution >= 0.6 is 0 Å². The summed E-state index contributed by atoms with van der Waals surface area (Å²) in [6.45, 7) is 4.35. The molecule has 0 saturated carbocycles. The van der Waals surface area contributed by atoms with Crippen LogP contribution in [0, 0.1) is 0 Å². The van der Waals surface area contributed by atoms with Crippen molar-refractivity contribution >= 4 is 17.7 Å². The number of pyridine rings is 1. The van der Waals surface area contributed by atoms with Crippen LogP contribution in [0.1, 0.15) is 35.8 Å². The number of methoxy groups -OCH3 is 1. The fourth-order valence-corrected chi connectivity index (χ4v) is 2.36. The average molecular weight is 307 g/mol. The van der Waals surface area contributed by atoms with Gasteiger partial charge >= 0.3 is 0 Å². The second-order valence-corrected chi connectivity index (χ2v) is 4.69. The number of amides is 3. The van der Waals surface area contributed by atoms with E-state index in [0.717, 1.165) is 0 Å². The Balaban J connectivity index is 2.58. The molecule has 0 bridgehead atoms. The topological polar surface area (TPSA) is 100 Å². The van der Waals surface area contributed by atoms with Crippen LogP contribution < -0.4 is 4.74 Å². The highest BCUT2D eigenvalue weighted by molar-refractivity contribution is 6.17. The van der Waals surface area contributed by atoms with Crippen LogP contribution in [-0.2, 0) is 9.59 Å². The number of carbonyl (C=O) groups is 3. The average Bonchev–Trinajstić information content (AvgIpc) is 2.53. The van der Waals surface area contributed by atoms with Crippen molar-refractivity contribution in [2.75, 3.05) is 20.2 Å². The van der Waals surface area contributed by atoms with Crippen LogP contribution in [0.3, 0.4) is 0 Å². The summed E-state index contributed by atoms with van der Waals surface area (Å²) in [5.74, 6) is -3.59. The Morgan fingerprint density at radius 3 is 2.55 bits per heavy atom. The van der Waals surface area contributed by atoms with Crippen LogP contribution in [0.4, 0.5) is 0 Å². The summed E-state index contributed by atoms with van der Waals surface area (Å²) in [5.41, 5.74) is 0.0185. The van der Waals surface area contributed by atoms with Crippen molar-refractivity contribution in [1.29, 1.82) is 0 Å². The monoisotopic (exact) mass is 307 g/mol. The van der Waals surface area contributed by atoms with Gasteiger partial charge in [-0.3, -0.25) is 19.6 Å². The van der Waals surface area contributed by atoms with Crippen molar-refractivity contribution < 1.29 is 24.3 Å². The molecule has 1 unspecified atom stereocenters. The standard InChI is InChI=1S/C14H17N3O5/c1-4-16(5-2)13(19)10-11-8(6-7-9(15-11)22-3)12(18)17(21)14(10)20/h6-7,10,21H,4-5H2,1-3H3. The predicted octanol–water partition coefficient (Wildman–Crippen LogP) is 0.414. The van der Waals surface area contributed by atoms with Gasteiger partial charge in [-0.15, -0.1) is 0 Å². The van der Waals surface area contributed by atoms with Crippen molar-refractivity contribution in [2.24, 2.45) is 0 Å². The second-order valence-electron chi connectivity index (χ2n) is 4.69. The molecule has 3 amide bonds. The van der Waals surface area contributed by atoms with E-state index < -0.39 is 23.6 Å². The maximum Gasteiger partial charge on any atom is 0.286 e. The van der Waals surface area contributed by atoms with Gasteiger partial charge < -0.3 is 9.64 Å². The van der Waals surface area contributed by atoms with E-state index in [2.05, 4.69) is 4.98 Å². The lowest BCUT2D eigenvalue weighted by Gasteiger charge is -2.30. The Kier molecular flexibility index (Phi) is 4.41. The number of likely N-dealkylation sites (N-methyl/N-ethyl adjacent to an activating group) is 1. The number of rotatable bonds is 4. The number of imide groups is 1. The van der Waals surface area contributed by atoms with Gasteiger partial charge in [0.15, 0.2) is 5.92 Å². The molecule has 22 heavy (non-hydrogen) atoms. The Bertz CT molecular complexity index is 627. The van der Waals surface area contributed by atoms with Gasteiger partial charge in [-0.25, -0.2) is 4.98 Å². The molecule has 1 aliphatic rings. The molecule has 8 heteroatoms. The molecule has 0 fully saturated rings. The highest BCUT2D eigenvalue weighted by Crippen LogP contribution is 2.30. The van der Waals surface area contributed by atoms with E-state index in [-0.39, 0.29) is 22.2 Å². The van der Waals surface area contributed by atoms with E-state index in [1.165, 1.54) is 24.1 Å². The van der Waals surface area contributed by atoms with Crippen LogP contribution in [0.2, 0.25) is 0 Å². The van der Waals surface area contributed by atoms with Crippen LogP contribution in [0.25, 0.3) is 0 Å². The molecular weight excluding hydrogens is 290 g/mol. The SMILES string of the molecule is CCN(CC)C(=O)C1C(=O)N(O)C(=O)c2ccc(OC)nc21. The summed E-state index contributed by atoms with van der Waals surface area (Å²) in [6.07, 6.45) is 0. The number of ether oxygens (including phenoxy) is 1. The first kappa shape index (κ1) is 15.9. The lowest BCUT2D eigenvalue weighted by molar-refractivity contribution is -0.161. The Morgan fingerprint density at radius 2 is 2.00 bits per heavy atom. The van der Waals surface area contributed by atoms with Gasteiger partial charge in [-0.2, -0.15) is 5.06 Å². The minimum absolute atomic E-state index is 0.00778. The molecule has 8 nitrogen and oxygen atoms in total. The normalized spacial score (nSPS) is 17.3. The third-order valence-corrected chi connectivity index (χ3v) is 3.58. The van der Waals surface area contributed by atoms with E-state index in [4.69, 9.17) is 4.74 Å². The zero-order valence-electron chi connectivity index (χ0n) is 12.6. The largest absolute Gasteiger partial charge is 0.481 e. The van der Waals surface area contributed by atoms with Crippen molar-refractivity contribution in [2.45, 2.75) is 19.8 Å². The van der Waals surface area contributed by atoms with Crippen LogP contribution in [-0.4, -0.2) is 58.1 Å². The van der Waals surface area contributed by atoms with Gasteiger partial charge in [-0.1, -0.05) is 0 Å². The molecule has 118 valence electrons. The first-order valence-electron chi connectivity index (χ1n) is 6.87. The number of hydrogen-bond donors (Lipinski definition) is 1. The summed E-state index contributed by atoms with van der Waals surface area (Å²) in [4.78, 5) is 42.2. The number of fused-ring (bicyclic) bond motifs is 1. The molecule has 0 aliphatic carbocycles. The molecule has 2 rings (SSSR count). The number of nitrogens with zero attached hydrogens (tertiary/aromatic N) is 3. The highest BCUT2D eigenvalue weighted by atomic mass is 16.5. The summed E-state index contributed by atoms with van der Waals surface area (Å²) in [5, 5.41) is 9.65. The Labute approximate surface area is 127 Å². The lowest BCUT2D eigenvalue weighted by atomic mass is 9.93. The summed E-state index contributed by atoms with van der Waals surface area (Å²) < 4.78 is 4.98. The number of hydrogen-bond acceptors (Lipinski definition) is 6. The van der Waals surface area contributed by atoms with Gasteiger partial charge in [-0.05, 0) is 19.9 Å². The second kappa shape index (κ2) is 6.10. The summed E-state index contributed by atoms with van der Waals surface area (Å²) >= 11 is 0. The molecular formula is C14H17N3O5. The summed E-state index contributed by atoms with van der Waals surface area (Å²) in [6, 6.07) is 2.81. The van der Waals surface area contributed by atoms with E-state index in [0.29, 0.717) is 13.1 Å². The molecule has 0 spiro atoms. The fourth-order valence-electron chi connectivity index (χ4n) is 2.36. The first-order chi connectivity index (χ1) is 10.5. The quantitative estimate of drug-likeness (QED) is 0.491. The van der Waals surface area contributed by atoms with Crippen molar-refractivity contribution in [3.8, 4) is 5.88 Å². The highest BCUT2D eigenvalue weighted by Gasteiger charge is 2.45. The lowest BCUT2D eigenvalue weighted by Crippen LogP contribution is -2.49.